The maximum atomic E-state index is 6.10. The number of benzene rings is 1. The summed E-state index contributed by atoms with van der Waals surface area (Å²) in [5, 5.41) is 8.12. The number of piperidine rings is 2. The molecule has 6 nitrogen and oxygen atoms in total. The molecule has 2 saturated heterocycles. The van der Waals surface area contributed by atoms with Gasteiger partial charge in [-0.25, -0.2) is 4.68 Å². The summed E-state index contributed by atoms with van der Waals surface area (Å²) < 4.78 is 7.97. The number of rotatable bonds is 3. The Labute approximate surface area is 176 Å². The number of anilines is 1. The monoisotopic (exact) mass is 401 g/mol. The molecular weight excluding hydrogens is 374 g/mol. The van der Waals surface area contributed by atoms with Crippen molar-refractivity contribution in [3.05, 3.63) is 54.4 Å². The first-order chi connectivity index (χ1) is 14.7. The molecule has 3 aliphatic rings. The number of hydrogen-bond acceptors (Lipinski definition) is 5. The van der Waals surface area contributed by atoms with Crippen LogP contribution in [0.5, 0.6) is 5.88 Å². The van der Waals surface area contributed by atoms with Gasteiger partial charge in [0, 0.05) is 43.1 Å². The smallest absolute Gasteiger partial charge is 0.223 e. The summed E-state index contributed by atoms with van der Waals surface area (Å²) >= 11 is 0. The van der Waals surface area contributed by atoms with E-state index < -0.39 is 0 Å². The van der Waals surface area contributed by atoms with Crippen molar-refractivity contribution in [2.45, 2.75) is 56.8 Å². The Kier molecular flexibility index (Phi) is 4.27. The Balaban J connectivity index is 1.27. The predicted octanol–water partition coefficient (Wildman–Crippen LogP) is 3.94. The lowest BCUT2D eigenvalue weighted by Gasteiger charge is -2.44. The number of hydrogen-bond donors (Lipinski definition) is 1. The van der Waals surface area contributed by atoms with Crippen LogP contribution in [0.2, 0.25) is 0 Å². The molecule has 30 heavy (non-hydrogen) atoms. The maximum Gasteiger partial charge on any atom is 0.223 e. The molecule has 0 radical (unpaired) electrons. The number of aromatic nitrogens is 3. The zero-order valence-corrected chi connectivity index (χ0v) is 17.3. The number of ether oxygens (including phenoxy) is 1. The zero-order chi connectivity index (χ0) is 20.1. The van der Waals surface area contributed by atoms with E-state index in [1.807, 2.05) is 16.9 Å². The second kappa shape index (κ2) is 7.13. The van der Waals surface area contributed by atoms with Crippen molar-refractivity contribution < 1.29 is 4.74 Å². The average Bonchev–Trinajstić information content (AvgIpc) is 3.32. The van der Waals surface area contributed by atoms with Crippen molar-refractivity contribution >= 4 is 5.82 Å². The van der Waals surface area contributed by atoms with Gasteiger partial charge >= 0.3 is 0 Å². The van der Waals surface area contributed by atoms with Crippen LogP contribution in [0.3, 0.4) is 0 Å². The van der Waals surface area contributed by atoms with E-state index >= 15 is 0 Å². The highest BCUT2D eigenvalue weighted by molar-refractivity contribution is 5.75. The molecular formula is C24H27N5O. The Morgan fingerprint density at radius 2 is 1.93 bits per heavy atom. The van der Waals surface area contributed by atoms with E-state index in [1.54, 1.807) is 6.20 Å². The SMILES string of the molecule is CN(c1ccc2c(n1)OCc1cc(-n3cccn3)ccc1-2)C1C[C@H]2CCC[C@@H](C1)N2. The van der Waals surface area contributed by atoms with Crippen molar-refractivity contribution in [3.8, 4) is 22.7 Å². The topological polar surface area (TPSA) is 55.2 Å². The van der Waals surface area contributed by atoms with Gasteiger partial charge in [0.2, 0.25) is 5.88 Å². The highest BCUT2D eigenvalue weighted by Gasteiger charge is 2.33. The normalized spacial score (nSPS) is 24.5. The number of nitrogens with one attached hydrogen (secondary N) is 1. The molecule has 6 heteroatoms. The minimum Gasteiger partial charge on any atom is -0.472 e. The minimum absolute atomic E-state index is 0.537. The molecule has 0 spiro atoms. The molecule has 0 aliphatic carbocycles. The Hall–Kier alpha value is -2.86. The fourth-order valence-electron chi connectivity index (χ4n) is 5.35. The van der Waals surface area contributed by atoms with Gasteiger partial charge in [-0.15, -0.1) is 0 Å². The van der Waals surface area contributed by atoms with E-state index in [4.69, 9.17) is 9.72 Å². The summed E-state index contributed by atoms with van der Waals surface area (Å²) in [7, 11) is 2.19. The molecule has 3 aromatic rings. The van der Waals surface area contributed by atoms with Crippen molar-refractivity contribution in [1.29, 1.82) is 0 Å². The molecule has 3 aliphatic heterocycles. The highest BCUT2D eigenvalue weighted by atomic mass is 16.5. The summed E-state index contributed by atoms with van der Waals surface area (Å²) in [6.07, 6.45) is 10.1. The van der Waals surface area contributed by atoms with E-state index in [2.05, 4.69) is 52.7 Å². The van der Waals surface area contributed by atoms with Crippen LogP contribution in [0.25, 0.3) is 16.8 Å². The van der Waals surface area contributed by atoms with Crippen LogP contribution in [0, 0.1) is 0 Å². The Morgan fingerprint density at radius 3 is 2.73 bits per heavy atom. The van der Waals surface area contributed by atoms with E-state index in [9.17, 15) is 0 Å². The van der Waals surface area contributed by atoms with Crippen molar-refractivity contribution in [3.63, 3.8) is 0 Å². The molecule has 6 rings (SSSR count). The fourth-order valence-corrected chi connectivity index (χ4v) is 5.35. The predicted molar refractivity (Wildman–Crippen MR) is 117 cm³/mol. The molecule has 154 valence electrons. The molecule has 2 bridgehead atoms. The summed E-state index contributed by atoms with van der Waals surface area (Å²) in [6, 6.07) is 14.5. The molecule has 2 fully saturated rings. The summed E-state index contributed by atoms with van der Waals surface area (Å²) in [5.41, 5.74) is 4.49. The van der Waals surface area contributed by atoms with E-state index in [-0.39, 0.29) is 0 Å². The number of pyridine rings is 1. The second-order valence-electron chi connectivity index (χ2n) is 8.83. The Bertz CT molecular complexity index is 1050. The van der Waals surface area contributed by atoms with Crippen LogP contribution in [-0.2, 0) is 6.61 Å². The Morgan fingerprint density at radius 1 is 1.10 bits per heavy atom. The molecule has 1 unspecified atom stereocenters. The van der Waals surface area contributed by atoms with Crippen LogP contribution in [0.15, 0.2) is 48.8 Å². The maximum absolute atomic E-state index is 6.10. The fraction of sp³-hybridized carbons (Fsp3) is 0.417. The van der Waals surface area contributed by atoms with Crippen molar-refractivity contribution in [2.24, 2.45) is 0 Å². The van der Waals surface area contributed by atoms with Crippen molar-refractivity contribution in [2.75, 3.05) is 11.9 Å². The number of fused-ring (bicyclic) bond motifs is 5. The summed E-state index contributed by atoms with van der Waals surface area (Å²) in [4.78, 5) is 7.29. The van der Waals surface area contributed by atoms with Gasteiger partial charge in [0.25, 0.3) is 0 Å². The lowest BCUT2D eigenvalue weighted by Crippen LogP contribution is -2.54. The van der Waals surface area contributed by atoms with Gasteiger partial charge in [-0.05, 0) is 67.1 Å². The quantitative estimate of drug-likeness (QED) is 0.721. The second-order valence-corrected chi connectivity index (χ2v) is 8.83. The molecule has 1 aromatic carbocycles. The van der Waals surface area contributed by atoms with Crippen LogP contribution >= 0.6 is 0 Å². The lowest BCUT2D eigenvalue weighted by molar-refractivity contribution is 0.219. The van der Waals surface area contributed by atoms with Gasteiger partial charge in [-0.2, -0.15) is 10.1 Å². The minimum atomic E-state index is 0.537. The molecule has 0 amide bonds. The van der Waals surface area contributed by atoms with Crippen LogP contribution < -0.4 is 15.0 Å². The molecule has 3 atom stereocenters. The molecule has 5 heterocycles. The van der Waals surface area contributed by atoms with Gasteiger partial charge in [0.05, 0.1) is 5.69 Å². The molecule has 1 N–H and O–H groups in total. The first kappa shape index (κ1) is 18.0. The van der Waals surface area contributed by atoms with Gasteiger partial charge in [0.1, 0.15) is 12.4 Å². The average molecular weight is 402 g/mol. The van der Waals surface area contributed by atoms with E-state index in [0.29, 0.717) is 24.7 Å². The lowest BCUT2D eigenvalue weighted by atomic mass is 9.83. The van der Waals surface area contributed by atoms with E-state index in [1.165, 1.54) is 43.2 Å². The first-order valence-electron chi connectivity index (χ1n) is 11.0. The molecule has 2 aromatic heterocycles. The van der Waals surface area contributed by atoms with Gasteiger partial charge < -0.3 is 15.0 Å². The van der Waals surface area contributed by atoms with Crippen LogP contribution in [0.1, 0.15) is 37.7 Å². The largest absolute Gasteiger partial charge is 0.472 e. The third kappa shape index (κ3) is 3.06. The van der Waals surface area contributed by atoms with Gasteiger partial charge in [-0.3, -0.25) is 0 Å². The summed E-state index contributed by atoms with van der Waals surface area (Å²) in [5.74, 6) is 1.75. The third-order valence-corrected chi connectivity index (χ3v) is 6.96. The van der Waals surface area contributed by atoms with Gasteiger partial charge in [0.15, 0.2) is 0 Å². The van der Waals surface area contributed by atoms with Crippen LogP contribution in [0.4, 0.5) is 5.82 Å². The standard InChI is InChI=1S/C24H27N5O/c1-28(20-13-17-4-2-5-18(14-20)26-17)23-9-8-22-21-7-6-19(29-11-3-10-25-29)12-16(21)15-30-24(22)27-23/h3,6-12,17-18,20,26H,2,4-5,13-15H2,1H3/t17-,18+,20?. The van der Waals surface area contributed by atoms with Crippen molar-refractivity contribution in [1.82, 2.24) is 20.1 Å². The number of nitrogens with zero attached hydrogens (tertiary/aromatic N) is 4. The highest BCUT2D eigenvalue weighted by Crippen LogP contribution is 2.39. The van der Waals surface area contributed by atoms with Gasteiger partial charge in [-0.1, -0.05) is 12.5 Å². The van der Waals surface area contributed by atoms with E-state index in [0.717, 1.165) is 22.9 Å². The summed E-state index contributed by atoms with van der Waals surface area (Å²) in [6.45, 7) is 0.537. The first-order valence-corrected chi connectivity index (χ1v) is 11.0. The zero-order valence-electron chi connectivity index (χ0n) is 17.3. The van der Waals surface area contributed by atoms with Crippen LogP contribution in [-0.4, -0.2) is 39.9 Å². The molecule has 0 saturated carbocycles. The third-order valence-electron chi connectivity index (χ3n) is 6.96.